The number of thioether (sulfide) groups is 1. The summed E-state index contributed by atoms with van der Waals surface area (Å²) >= 11 is 0.988. The summed E-state index contributed by atoms with van der Waals surface area (Å²) in [6, 6.07) is 16.5. The highest BCUT2D eigenvalue weighted by atomic mass is 32.2. The number of carbonyl (C=O) groups is 3. The van der Waals surface area contributed by atoms with E-state index in [-0.39, 0.29) is 28.4 Å². The van der Waals surface area contributed by atoms with Crippen LogP contribution in [-0.4, -0.2) is 27.2 Å². The van der Waals surface area contributed by atoms with E-state index in [1.54, 1.807) is 19.1 Å². The second-order valence-corrected chi connectivity index (χ2v) is 8.36. The molecule has 0 aliphatic carbocycles. The zero-order valence-electron chi connectivity index (χ0n) is 16.4. The number of aryl methyl sites for hydroxylation is 1. The van der Waals surface area contributed by atoms with Crippen LogP contribution in [0.5, 0.6) is 0 Å². The van der Waals surface area contributed by atoms with Gasteiger partial charge in [0.15, 0.2) is 11.5 Å². The van der Waals surface area contributed by atoms with E-state index in [2.05, 4.69) is 10.3 Å². The topological polar surface area (TPSA) is 102 Å². The number of aromatic nitrogens is 1. The number of amides is 2. The number of carbonyl (C=O) groups excluding carboxylic acids is 3. The van der Waals surface area contributed by atoms with Gasteiger partial charge in [0.2, 0.25) is 17.6 Å². The Morgan fingerprint density at radius 2 is 1.90 bits per heavy atom. The Morgan fingerprint density at radius 3 is 2.65 bits per heavy atom. The number of benzene rings is 2. The third-order valence-corrected chi connectivity index (χ3v) is 6.01. The molecule has 8 heteroatoms. The van der Waals surface area contributed by atoms with E-state index >= 15 is 0 Å². The van der Waals surface area contributed by atoms with Crippen molar-refractivity contribution in [3.8, 4) is 11.5 Å². The van der Waals surface area contributed by atoms with Crippen LogP contribution in [0.25, 0.3) is 22.4 Å². The predicted octanol–water partition coefficient (Wildman–Crippen LogP) is 4.52. The van der Waals surface area contributed by atoms with Crippen LogP contribution >= 0.6 is 11.8 Å². The molecule has 4 aromatic rings. The van der Waals surface area contributed by atoms with Crippen molar-refractivity contribution in [3.05, 3.63) is 77.4 Å². The maximum atomic E-state index is 13.0. The third kappa shape index (κ3) is 3.66. The van der Waals surface area contributed by atoms with E-state index in [0.717, 1.165) is 28.3 Å². The lowest BCUT2D eigenvalue weighted by atomic mass is 10.1. The Morgan fingerprint density at radius 1 is 1.10 bits per heavy atom. The lowest BCUT2D eigenvalue weighted by Gasteiger charge is -2.04. The third-order valence-electron chi connectivity index (χ3n) is 5.03. The number of imide groups is 1. The van der Waals surface area contributed by atoms with Gasteiger partial charge in [-0.05, 0) is 49.2 Å². The highest BCUT2D eigenvalue weighted by Crippen LogP contribution is 2.28. The zero-order chi connectivity index (χ0) is 21.5. The summed E-state index contributed by atoms with van der Waals surface area (Å²) in [7, 11) is 0. The SMILES string of the molecule is Cc1oc(-c2ccccc2)nc1C(=O)c1cc2cc(CC3SC(=O)NC3=O)ccc2o1. The molecular formula is C23H16N2O5S. The molecule has 1 unspecified atom stereocenters. The highest BCUT2D eigenvalue weighted by Gasteiger charge is 2.31. The van der Waals surface area contributed by atoms with Crippen molar-refractivity contribution < 1.29 is 23.2 Å². The summed E-state index contributed by atoms with van der Waals surface area (Å²) in [6.07, 6.45) is 0.412. The molecule has 31 heavy (non-hydrogen) atoms. The van der Waals surface area contributed by atoms with Crippen LogP contribution in [0.4, 0.5) is 4.79 Å². The van der Waals surface area contributed by atoms with Crippen LogP contribution in [0.1, 0.15) is 27.6 Å². The van der Waals surface area contributed by atoms with Crippen molar-refractivity contribution in [1.82, 2.24) is 10.3 Å². The average Bonchev–Trinajstić information content (AvgIpc) is 3.44. The molecule has 0 spiro atoms. The van der Waals surface area contributed by atoms with Crippen LogP contribution in [0.3, 0.4) is 0 Å². The Hall–Kier alpha value is -3.65. The number of fused-ring (bicyclic) bond motifs is 1. The molecule has 1 fully saturated rings. The maximum Gasteiger partial charge on any atom is 0.286 e. The first kappa shape index (κ1) is 19.3. The van der Waals surface area contributed by atoms with Crippen molar-refractivity contribution in [2.24, 2.45) is 0 Å². The van der Waals surface area contributed by atoms with Gasteiger partial charge in [-0.3, -0.25) is 19.7 Å². The summed E-state index contributed by atoms with van der Waals surface area (Å²) in [4.78, 5) is 40.6. The minimum atomic E-state index is -0.452. The van der Waals surface area contributed by atoms with Gasteiger partial charge in [-0.2, -0.15) is 0 Å². The van der Waals surface area contributed by atoms with Crippen LogP contribution in [0.2, 0.25) is 0 Å². The van der Waals surface area contributed by atoms with Gasteiger partial charge in [0.25, 0.3) is 5.24 Å². The van der Waals surface area contributed by atoms with Gasteiger partial charge in [0, 0.05) is 10.9 Å². The summed E-state index contributed by atoms with van der Waals surface area (Å²) in [5, 5.41) is 2.24. The van der Waals surface area contributed by atoms with Crippen LogP contribution < -0.4 is 5.32 Å². The molecule has 1 saturated heterocycles. The van der Waals surface area contributed by atoms with E-state index in [4.69, 9.17) is 8.83 Å². The standard InChI is InChI=1S/C23H16N2O5S/c1-12-19(24-22(29-12)14-5-3-2-4-6-14)20(26)17-11-15-9-13(7-8-16(15)30-17)10-18-21(27)25-23(28)31-18/h2-9,11,18H,10H2,1H3,(H,25,27,28). The van der Waals surface area contributed by atoms with Gasteiger partial charge >= 0.3 is 0 Å². The normalized spacial score (nSPS) is 16.1. The van der Waals surface area contributed by atoms with Crippen molar-refractivity contribution in [3.63, 3.8) is 0 Å². The lowest BCUT2D eigenvalue weighted by molar-refractivity contribution is -0.118. The molecule has 2 aromatic carbocycles. The molecule has 154 valence electrons. The Labute approximate surface area is 180 Å². The summed E-state index contributed by atoms with van der Waals surface area (Å²) in [6.45, 7) is 1.69. The highest BCUT2D eigenvalue weighted by molar-refractivity contribution is 8.15. The first-order chi connectivity index (χ1) is 15.0. The van der Waals surface area contributed by atoms with Crippen molar-refractivity contribution in [2.75, 3.05) is 0 Å². The van der Waals surface area contributed by atoms with Gasteiger partial charge in [-0.15, -0.1) is 0 Å². The van der Waals surface area contributed by atoms with Crippen LogP contribution in [0, 0.1) is 6.92 Å². The molecule has 7 nitrogen and oxygen atoms in total. The second-order valence-electron chi connectivity index (χ2n) is 7.19. The van der Waals surface area contributed by atoms with Crippen LogP contribution in [0.15, 0.2) is 63.4 Å². The Balaban J connectivity index is 1.42. The number of rotatable bonds is 5. The molecule has 2 amide bonds. The molecule has 3 heterocycles. The quantitative estimate of drug-likeness (QED) is 0.463. The molecule has 0 saturated carbocycles. The lowest BCUT2D eigenvalue weighted by Crippen LogP contribution is -2.25. The number of ketones is 1. The Bertz CT molecular complexity index is 1340. The first-order valence-electron chi connectivity index (χ1n) is 9.59. The minimum absolute atomic E-state index is 0.159. The Kier molecular flexibility index (Phi) is 4.71. The number of oxazole rings is 1. The van der Waals surface area contributed by atoms with E-state index in [1.165, 1.54) is 0 Å². The molecule has 0 bridgehead atoms. The maximum absolute atomic E-state index is 13.0. The van der Waals surface area contributed by atoms with Crippen molar-refractivity contribution in [1.29, 1.82) is 0 Å². The van der Waals surface area contributed by atoms with E-state index in [9.17, 15) is 14.4 Å². The fraction of sp³-hybridized carbons (Fsp3) is 0.130. The van der Waals surface area contributed by atoms with Gasteiger partial charge in [-0.1, -0.05) is 36.0 Å². The molecule has 1 aliphatic rings. The monoisotopic (exact) mass is 432 g/mol. The first-order valence-corrected chi connectivity index (χ1v) is 10.5. The summed E-state index contributed by atoms with van der Waals surface area (Å²) < 4.78 is 11.4. The number of nitrogens with zero attached hydrogens (tertiary/aromatic N) is 1. The molecule has 2 aromatic heterocycles. The molecular weight excluding hydrogens is 416 g/mol. The summed E-state index contributed by atoms with van der Waals surface area (Å²) in [5.74, 6) is 0.304. The number of hydrogen-bond acceptors (Lipinski definition) is 7. The fourth-order valence-corrected chi connectivity index (χ4v) is 4.36. The molecule has 1 N–H and O–H groups in total. The van der Waals surface area contributed by atoms with Gasteiger partial charge < -0.3 is 8.83 Å². The molecule has 0 radical (unpaired) electrons. The minimum Gasteiger partial charge on any atom is -0.453 e. The summed E-state index contributed by atoms with van der Waals surface area (Å²) in [5.41, 5.74) is 2.41. The molecule has 1 atom stereocenters. The van der Waals surface area contributed by atoms with Gasteiger partial charge in [-0.25, -0.2) is 4.98 Å². The number of furan rings is 1. The predicted molar refractivity (Wildman–Crippen MR) is 115 cm³/mol. The van der Waals surface area contributed by atoms with Crippen molar-refractivity contribution in [2.45, 2.75) is 18.6 Å². The van der Waals surface area contributed by atoms with Crippen LogP contribution in [-0.2, 0) is 11.2 Å². The smallest absolute Gasteiger partial charge is 0.286 e. The molecule has 5 rings (SSSR count). The zero-order valence-corrected chi connectivity index (χ0v) is 17.2. The van der Waals surface area contributed by atoms with E-state index in [1.807, 2.05) is 42.5 Å². The second kappa shape index (κ2) is 7.55. The van der Waals surface area contributed by atoms with Crippen molar-refractivity contribution >= 4 is 39.7 Å². The van der Waals surface area contributed by atoms with Gasteiger partial charge in [0.05, 0.1) is 5.25 Å². The number of hydrogen-bond donors (Lipinski definition) is 1. The number of nitrogens with one attached hydrogen (secondary N) is 1. The van der Waals surface area contributed by atoms with Gasteiger partial charge in [0.1, 0.15) is 11.3 Å². The fourth-order valence-electron chi connectivity index (χ4n) is 3.50. The largest absolute Gasteiger partial charge is 0.453 e. The van der Waals surface area contributed by atoms with E-state index in [0.29, 0.717) is 23.7 Å². The average molecular weight is 432 g/mol. The van der Waals surface area contributed by atoms with E-state index < -0.39 is 5.25 Å². The molecule has 1 aliphatic heterocycles.